The first-order chi connectivity index (χ1) is 8.06. The Kier molecular flexibility index (Phi) is 3.84. The highest BCUT2D eigenvalue weighted by Crippen LogP contribution is 2.34. The maximum Gasteiger partial charge on any atom is 0.332 e. The van der Waals surface area contributed by atoms with E-state index in [0.717, 1.165) is 10.1 Å². The fraction of sp³-hybridized carbons (Fsp3) is 0.462. The number of carboxylic acid groups (broad SMARTS) is 1. The number of rotatable bonds is 4. The summed E-state index contributed by atoms with van der Waals surface area (Å²) < 4.78 is 6.52. The topological polar surface area (TPSA) is 46.5 Å². The van der Waals surface area contributed by atoms with E-state index in [-0.39, 0.29) is 6.10 Å². The lowest BCUT2D eigenvalue weighted by molar-refractivity contribution is -0.150. The molecule has 0 aliphatic heterocycles. The van der Waals surface area contributed by atoms with E-state index in [1.165, 1.54) is 12.8 Å². The molecule has 0 aromatic heterocycles. The fourth-order valence-electron chi connectivity index (χ4n) is 1.66. The number of hydrogen-bond acceptors (Lipinski definition) is 2. The predicted molar refractivity (Wildman–Crippen MR) is 68.9 cm³/mol. The maximum atomic E-state index is 10.8. The predicted octanol–water partition coefficient (Wildman–Crippen LogP) is 3.03. The van der Waals surface area contributed by atoms with Crippen molar-refractivity contribution in [2.24, 2.45) is 5.92 Å². The van der Waals surface area contributed by atoms with Crippen molar-refractivity contribution in [2.75, 3.05) is 0 Å². The minimum Gasteiger partial charge on any atom is -0.479 e. The number of ether oxygens (including phenoxy) is 1. The molecule has 2 aliphatic carbocycles. The van der Waals surface area contributed by atoms with Crippen LogP contribution < -0.4 is 0 Å². The van der Waals surface area contributed by atoms with Crippen LogP contribution in [-0.4, -0.2) is 23.3 Å². The fourth-order valence-corrected chi connectivity index (χ4v) is 2.08. The molecule has 92 valence electrons. The number of carbonyl (C=O) groups is 1. The Morgan fingerprint density at radius 2 is 2.35 bits per heavy atom. The van der Waals surface area contributed by atoms with Crippen LogP contribution in [0.1, 0.15) is 19.8 Å². The van der Waals surface area contributed by atoms with Crippen LogP contribution in [0.3, 0.4) is 0 Å². The van der Waals surface area contributed by atoms with Gasteiger partial charge < -0.3 is 9.84 Å². The van der Waals surface area contributed by atoms with Crippen molar-refractivity contribution in [3.63, 3.8) is 0 Å². The smallest absolute Gasteiger partial charge is 0.332 e. The van der Waals surface area contributed by atoms with Gasteiger partial charge in [0.2, 0.25) is 0 Å². The van der Waals surface area contributed by atoms with E-state index in [2.05, 4.69) is 22.0 Å². The molecule has 1 saturated carbocycles. The van der Waals surface area contributed by atoms with Gasteiger partial charge in [-0.15, -0.1) is 0 Å². The van der Waals surface area contributed by atoms with Gasteiger partial charge in [0.25, 0.3) is 0 Å². The standard InChI is InChI=1S/C13H15BrO3/c1-8(13(15)16)17-12-5-4-11(14)7-10(12)6-9-2-3-9/h4-9,12H,2-3H2,1H3,(H,15,16)/t8-,12?/m0/s1. The van der Waals surface area contributed by atoms with Crippen molar-refractivity contribution in [3.8, 4) is 0 Å². The minimum atomic E-state index is -0.933. The number of halogens is 1. The third-order valence-electron chi connectivity index (χ3n) is 2.81. The highest BCUT2D eigenvalue weighted by Gasteiger charge is 2.25. The highest BCUT2D eigenvalue weighted by atomic mass is 79.9. The minimum absolute atomic E-state index is 0.247. The third-order valence-corrected chi connectivity index (χ3v) is 3.31. The molecule has 0 aromatic carbocycles. The average Bonchev–Trinajstić information content (AvgIpc) is 3.05. The van der Waals surface area contributed by atoms with Crippen molar-refractivity contribution >= 4 is 21.9 Å². The summed E-state index contributed by atoms with van der Waals surface area (Å²) in [5, 5.41) is 8.85. The van der Waals surface area contributed by atoms with Gasteiger partial charge in [0.15, 0.2) is 6.10 Å². The van der Waals surface area contributed by atoms with Crippen LogP contribution in [0, 0.1) is 5.92 Å². The second kappa shape index (κ2) is 5.19. The summed E-state index contributed by atoms with van der Waals surface area (Å²) in [6.07, 6.45) is 9.36. The van der Waals surface area contributed by atoms with Crippen molar-refractivity contribution in [1.82, 2.24) is 0 Å². The molecule has 0 spiro atoms. The summed E-state index contributed by atoms with van der Waals surface area (Å²) in [4.78, 5) is 10.8. The molecule has 2 atom stereocenters. The van der Waals surface area contributed by atoms with E-state index in [1.54, 1.807) is 6.92 Å². The lowest BCUT2D eigenvalue weighted by Crippen LogP contribution is -2.27. The van der Waals surface area contributed by atoms with E-state index < -0.39 is 12.1 Å². The molecule has 2 rings (SSSR count). The third kappa shape index (κ3) is 3.54. The average molecular weight is 299 g/mol. The van der Waals surface area contributed by atoms with Crippen LogP contribution in [0.15, 0.2) is 34.4 Å². The van der Waals surface area contributed by atoms with Crippen molar-refractivity contribution in [2.45, 2.75) is 32.0 Å². The molecule has 0 radical (unpaired) electrons. The van der Waals surface area contributed by atoms with Crippen molar-refractivity contribution in [3.05, 3.63) is 34.4 Å². The van der Waals surface area contributed by atoms with Gasteiger partial charge in [-0.25, -0.2) is 4.79 Å². The Balaban J connectivity index is 2.09. The summed E-state index contributed by atoms with van der Waals surface area (Å²) in [5.41, 5.74) is 1.05. The molecule has 0 bridgehead atoms. The molecule has 1 unspecified atom stereocenters. The van der Waals surface area contributed by atoms with E-state index in [4.69, 9.17) is 9.84 Å². The molecule has 1 fully saturated rings. The van der Waals surface area contributed by atoms with Crippen LogP contribution in [0.4, 0.5) is 0 Å². The summed E-state index contributed by atoms with van der Waals surface area (Å²) >= 11 is 3.42. The molecule has 17 heavy (non-hydrogen) atoms. The molecule has 0 saturated heterocycles. The Bertz CT molecular complexity index is 405. The van der Waals surface area contributed by atoms with Gasteiger partial charge >= 0.3 is 5.97 Å². The quantitative estimate of drug-likeness (QED) is 0.868. The molecular weight excluding hydrogens is 284 g/mol. The first-order valence-corrected chi connectivity index (χ1v) is 6.51. The van der Waals surface area contributed by atoms with E-state index in [9.17, 15) is 4.79 Å². The number of carboxylic acids is 1. The normalized spacial score (nSPS) is 28.0. The second-order valence-electron chi connectivity index (χ2n) is 4.43. The van der Waals surface area contributed by atoms with Gasteiger partial charge in [-0.05, 0) is 43.4 Å². The largest absolute Gasteiger partial charge is 0.479 e. The van der Waals surface area contributed by atoms with Gasteiger partial charge in [-0.2, -0.15) is 0 Å². The van der Waals surface area contributed by atoms with Gasteiger partial charge in [-0.1, -0.05) is 28.1 Å². The van der Waals surface area contributed by atoms with E-state index >= 15 is 0 Å². The van der Waals surface area contributed by atoms with Crippen molar-refractivity contribution in [1.29, 1.82) is 0 Å². The summed E-state index contributed by atoms with van der Waals surface area (Å²) in [6.45, 7) is 1.55. The van der Waals surface area contributed by atoms with Crippen LogP contribution in [0.2, 0.25) is 0 Å². The SMILES string of the molecule is C[C@H](OC1C=CC(Br)=CC1=CC1CC1)C(=O)O. The Hall–Kier alpha value is -0.870. The van der Waals surface area contributed by atoms with Gasteiger partial charge in [-0.3, -0.25) is 0 Å². The second-order valence-corrected chi connectivity index (χ2v) is 5.35. The van der Waals surface area contributed by atoms with Crippen LogP contribution >= 0.6 is 15.9 Å². The zero-order valence-electron chi connectivity index (χ0n) is 9.60. The lowest BCUT2D eigenvalue weighted by atomic mass is 10.0. The number of allylic oxidation sites excluding steroid dienone is 3. The molecule has 2 aliphatic rings. The summed E-state index contributed by atoms with van der Waals surface area (Å²) in [6, 6.07) is 0. The maximum absolute atomic E-state index is 10.8. The van der Waals surface area contributed by atoms with Crippen LogP contribution in [-0.2, 0) is 9.53 Å². The molecule has 0 aromatic rings. The number of aliphatic carboxylic acids is 1. The molecule has 4 heteroatoms. The zero-order valence-corrected chi connectivity index (χ0v) is 11.2. The Morgan fingerprint density at radius 3 is 2.94 bits per heavy atom. The van der Waals surface area contributed by atoms with Gasteiger partial charge in [0.1, 0.15) is 6.10 Å². The molecule has 0 heterocycles. The Labute approximate surface area is 109 Å². The van der Waals surface area contributed by atoms with Crippen molar-refractivity contribution < 1.29 is 14.6 Å². The van der Waals surface area contributed by atoms with Gasteiger partial charge in [0, 0.05) is 4.48 Å². The molecule has 0 amide bonds. The summed E-state index contributed by atoms with van der Waals surface area (Å²) in [5.74, 6) is -0.294. The molecular formula is C13H15BrO3. The highest BCUT2D eigenvalue weighted by molar-refractivity contribution is 9.11. The van der Waals surface area contributed by atoms with E-state index in [1.807, 2.05) is 18.2 Å². The van der Waals surface area contributed by atoms with Crippen LogP contribution in [0.5, 0.6) is 0 Å². The van der Waals surface area contributed by atoms with E-state index in [0.29, 0.717) is 5.92 Å². The first-order valence-electron chi connectivity index (χ1n) is 5.71. The monoisotopic (exact) mass is 298 g/mol. The lowest BCUT2D eigenvalue weighted by Gasteiger charge is -2.21. The Morgan fingerprint density at radius 1 is 1.65 bits per heavy atom. The molecule has 1 N–H and O–H groups in total. The molecule has 3 nitrogen and oxygen atoms in total. The number of hydrogen-bond donors (Lipinski definition) is 1. The first kappa shape index (κ1) is 12.6. The zero-order chi connectivity index (χ0) is 12.4. The van der Waals surface area contributed by atoms with Gasteiger partial charge in [0.05, 0.1) is 0 Å². The van der Waals surface area contributed by atoms with Crippen LogP contribution in [0.25, 0.3) is 0 Å². The summed E-state index contributed by atoms with van der Waals surface area (Å²) in [7, 11) is 0.